The molecule has 192 valence electrons. The molecule has 4 rings (SSSR count). The summed E-state index contributed by atoms with van der Waals surface area (Å²) >= 11 is 1.48. The molecule has 0 unspecified atom stereocenters. The second kappa shape index (κ2) is 11.4. The fraction of sp³-hybridized carbons (Fsp3) is 0.407. The number of ether oxygens (including phenoxy) is 1. The monoisotopic (exact) mass is 528 g/mol. The molecular formula is C27H32N2O5S2. The van der Waals surface area contributed by atoms with Crippen LogP contribution in [-0.2, 0) is 16.4 Å². The lowest BCUT2D eigenvalue weighted by Crippen LogP contribution is -2.36. The standard InChI is InChI=1S/C27H32N2O5S2/c1-3-5-6-7-16-34-19-10-8-18(9-11-19)23-17-22(24-15-12-20(4-2)35-24)25(26(30)28-23)27(31)29-36(32,33)21-13-14-21/h8-12,15,17,21H,3-7,13-14,16H2,1-2H3,(H,28,30)(H,29,31). The van der Waals surface area contributed by atoms with Crippen molar-refractivity contribution in [2.45, 2.75) is 64.0 Å². The summed E-state index contributed by atoms with van der Waals surface area (Å²) in [5.74, 6) is -0.145. The number of aryl methyl sites for hydroxylation is 1. The third kappa shape index (κ3) is 6.25. The molecule has 0 radical (unpaired) electrons. The second-order valence-electron chi connectivity index (χ2n) is 9.03. The number of unbranched alkanes of at least 4 members (excludes halogenated alkanes) is 3. The summed E-state index contributed by atoms with van der Waals surface area (Å²) in [6.45, 7) is 4.86. The first-order chi connectivity index (χ1) is 17.3. The van der Waals surface area contributed by atoms with Crippen LogP contribution in [0.1, 0.15) is 67.6 Å². The Kier molecular flexibility index (Phi) is 8.31. The van der Waals surface area contributed by atoms with Crippen LogP contribution >= 0.6 is 11.3 Å². The molecule has 1 aliphatic carbocycles. The Morgan fingerprint density at radius 1 is 1.08 bits per heavy atom. The molecule has 0 saturated heterocycles. The van der Waals surface area contributed by atoms with Crippen LogP contribution in [0, 0.1) is 0 Å². The number of thiophene rings is 1. The molecule has 36 heavy (non-hydrogen) atoms. The minimum Gasteiger partial charge on any atom is -0.494 e. The molecule has 1 fully saturated rings. The van der Waals surface area contributed by atoms with Gasteiger partial charge in [-0.05, 0) is 73.7 Å². The number of rotatable bonds is 12. The molecule has 2 aromatic heterocycles. The summed E-state index contributed by atoms with van der Waals surface area (Å²) in [6, 6.07) is 13.0. The lowest BCUT2D eigenvalue weighted by atomic mass is 10.0. The van der Waals surface area contributed by atoms with E-state index in [2.05, 4.69) is 16.6 Å². The Labute approximate surface area is 216 Å². The van der Waals surface area contributed by atoms with Crippen molar-refractivity contribution in [3.05, 3.63) is 63.3 Å². The van der Waals surface area contributed by atoms with E-state index in [1.807, 2.05) is 43.3 Å². The van der Waals surface area contributed by atoms with Crippen LogP contribution in [0.2, 0.25) is 0 Å². The van der Waals surface area contributed by atoms with Gasteiger partial charge in [-0.15, -0.1) is 11.3 Å². The highest BCUT2D eigenvalue weighted by molar-refractivity contribution is 7.91. The largest absolute Gasteiger partial charge is 0.494 e. The van der Waals surface area contributed by atoms with E-state index in [-0.39, 0.29) is 5.56 Å². The zero-order valence-electron chi connectivity index (χ0n) is 20.6. The van der Waals surface area contributed by atoms with E-state index >= 15 is 0 Å². The summed E-state index contributed by atoms with van der Waals surface area (Å²) < 4.78 is 32.7. The number of amides is 1. The van der Waals surface area contributed by atoms with Crippen LogP contribution in [0.25, 0.3) is 21.7 Å². The number of aromatic amines is 1. The number of nitrogens with one attached hydrogen (secondary N) is 2. The molecule has 3 aromatic rings. The third-order valence-corrected chi connectivity index (χ3v) is 9.25. The highest BCUT2D eigenvalue weighted by Crippen LogP contribution is 2.33. The van der Waals surface area contributed by atoms with Crippen LogP contribution in [0.5, 0.6) is 5.75 Å². The van der Waals surface area contributed by atoms with Gasteiger partial charge in [-0.1, -0.05) is 33.1 Å². The third-order valence-electron chi connectivity index (χ3n) is 6.17. The van der Waals surface area contributed by atoms with Crippen molar-refractivity contribution in [3.63, 3.8) is 0 Å². The zero-order chi connectivity index (χ0) is 25.7. The summed E-state index contributed by atoms with van der Waals surface area (Å²) in [4.78, 5) is 30.8. The van der Waals surface area contributed by atoms with Crippen molar-refractivity contribution >= 4 is 27.3 Å². The van der Waals surface area contributed by atoms with Gasteiger partial charge in [-0.25, -0.2) is 13.1 Å². The number of sulfonamides is 1. The number of H-pyrrole nitrogens is 1. The van der Waals surface area contributed by atoms with Gasteiger partial charge in [0.2, 0.25) is 10.0 Å². The lowest BCUT2D eigenvalue weighted by Gasteiger charge is -2.12. The van der Waals surface area contributed by atoms with Crippen LogP contribution in [-0.4, -0.2) is 31.2 Å². The van der Waals surface area contributed by atoms with Gasteiger partial charge in [0.15, 0.2) is 0 Å². The summed E-state index contributed by atoms with van der Waals surface area (Å²) in [5, 5.41) is -0.566. The maximum atomic E-state index is 13.2. The van der Waals surface area contributed by atoms with Gasteiger partial charge in [0.05, 0.1) is 11.9 Å². The molecular weight excluding hydrogens is 496 g/mol. The lowest BCUT2D eigenvalue weighted by molar-refractivity contribution is 0.0980. The van der Waals surface area contributed by atoms with Gasteiger partial charge in [0.1, 0.15) is 11.3 Å². The van der Waals surface area contributed by atoms with E-state index in [9.17, 15) is 18.0 Å². The first kappa shape index (κ1) is 26.2. The Hall–Kier alpha value is -2.91. The van der Waals surface area contributed by atoms with Crippen molar-refractivity contribution in [1.82, 2.24) is 9.71 Å². The first-order valence-electron chi connectivity index (χ1n) is 12.5. The quantitative estimate of drug-likeness (QED) is 0.302. The highest BCUT2D eigenvalue weighted by atomic mass is 32.2. The van der Waals surface area contributed by atoms with Crippen molar-refractivity contribution in [2.75, 3.05) is 6.61 Å². The number of carbonyl (C=O) groups is 1. The van der Waals surface area contributed by atoms with Gasteiger partial charge >= 0.3 is 0 Å². The SMILES string of the molecule is CCCCCCOc1ccc(-c2cc(-c3ccc(CC)s3)c(C(=O)NS(=O)(=O)C3CC3)c(=O)[nH]2)cc1. The van der Waals surface area contributed by atoms with Crippen LogP contribution in [0.3, 0.4) is 0 Å². The molecule has 0 aliphatic heterocycles. The summed E-state index contributed by atoms with van der Waals surface area (Å²) in [6.07, 6.45) is 6.38. The van der Waals surface area contributed by atoms with E-state index in [4.69, 9.17) is 4.74 Å². The van der Waals surface area contributed by atoms with Gasteiger partial charge < -0.3 is 9.72 Å². The smallest absolute Gasteiger partial charge is 0.271 e. The molecule has 1 amide bonds. The summed E-state index contributed by atoms with van der Waals surface area (Å²) in [5.41, 5.74) is 0.889. The van der Waals surface area contributed by atoms with E-state index in [0.717, 1.165) is 40.3 Å². The number of carbonyl (C=O) groups excluding carboxylic acids is 1. The van der Waals surface area contributed by atoms with Crippen molar-refractivity contribution in [3.8, 4) is 27.4 Å². The number of hydrogen-bond acceptors (Lipinski definition) is 6. The predicted octanol–water partition coefficient (Wildman–Crippen LogP) is 5.51. The number of pyridine rings is 1. The Bertz CT molecular complexity index is 1370. The second-order valence-corrected chi connectivity index (χ2v) is 12.2. The molecule has 1 aromatic carbocycles. The van der Waals surface area contributed by atoms with E-state index in [0.29, 0.717) is 30.7 Å². The average molecular weight is 529 g/mol. The van der Waals surface area contributed by atoms with Crippen LogP contribution < -0.4 is 15.0 Å². The van der Waals surface area contributed by atoms with Crippen LogP contribution in [0.15, 0.2) is 47.3 Å². The molecule has 1 saturated carbocycles. The number of aromatic nitrogens is 1. The fourth-order valence-electron chi connectivity index (χ4n) is 3.94. The van der Waals surface area contributed by atoms with Crippen molar-refractivity contribution < 1.29 is 17.9 Å². The van der Waals surface area contributed by atoms with Gasteiger partial charge in [-0.3, -0.25) is 9.59 Å². The maximum absolute atomic E-state index is 13.2. The minimum absolute atomic E-state index is 0.195. The van der Waals surface area contributed by atoms with Gasteiger partial charge in [-0.2, -0.15) is 0 Å². The molecule has 2 N–H and O–H groups in total. The topological polar surface area (TPSA) is 105 Å². The van der Waals surface area contributed by atoms with E-state index < -0.39 is 26.7 Å². The van der Waals surface area contributed by atoms with E-state index in [1.165, 1.54) is 24.2 Å². The molecule has 1 aliphatic rings. The number of benzene rings is 1. The highest BCUT2D eigenvalue weighted by Gasteiger charge is 2.37. The predicted molar refractivity (Wildman–Crippen MR) is 144 cm³/mol. The van der Waals surface area contributed by atoms with E-state index in [1.54, 1.807) is 6.07 Å². The molecule has 0 spiro atoms. The fourth-order valence-corrected chi connectivity index (χ4v) is 6.19. The Morgan fingerprint density at radius 3 is 2.47 bits per heavy atom. The Balaban J connectivity index is 1.64. The zero-order valence-corrected chi connectivity index (χ0v) is 22.3. The maximum Gasteiger partial charge on any atom is 0.271 e. The first-order valence-corrected chi connectivity index (χ1v) is 14.8. The molecule has 0 bridgehead atoms. The van der Waals surface area contributed by atoms with Gasteiger partial charge in [0.25, 0.3) is 11.5 Å². The average Bonchev–Trinajstić information content (AvgIpc) is 3.62. The molecule has 9 heteroatoms. The normalized spacial score (nSPS) is 13.5. The summed E-state index contributed by atoms with van der Waals surface area (Å²) in [7, 11) is -3.79. The van der Waals surface area contributed by atoms with Crippen LogP contribution in [0.4, 0.5) is 0 Å². The molecule has 7 nitrogen and oxygen atoms in total. The Morgan fingerprint density at radius 2 is 1.83 bits per heavy atom. The van der Waals surface area contributed by atoms with Crippen molar-refractivity contribution in [1.29, 1.82) is 0 Å². The molecule has 2 heterocycles. The minimum atomic E-state index is -3.79. The molecule has 0 atom stereocenters. The van der Waals surface area contributed by atoms with Gasteiger partial charge in [0, 0.05) is 21.0 Å². The van der Waals surface area contributed by atoms with Crippen molar-refractivity contribution in [2.24, 2.45) is 0 Å². The number of hydrogen-bond donors (Lipinski definition) is 2.